The van der Waals surface area contributed by atoms with Crippen LogP contribution < -0.4 is 15.0 Å². The number of anilines is 2. The van der Waals surface area contributed by atoms with Crippen LogP contribution in [0.2, 0.25) is 0 Å². The second kappa shape index (κ2) is 11.3. The molecule has 2 saturated heterocycles. The fourth-order valence-corrected chi connectivity index (χ4v) is 5.64. The maximum atomic E-state index is 13.0. The SMILES string of the molecule is COc1cc(N2CCC3(CCN(CC(=O)OC(C)(C)C)C3)CC2)ccc1NC(=O)c1cccc(-c2cc[nH]n2)n1. The summed E-state index contributed by atoms with van der Waals surface area (Å²) in [4.78, 5) is 34.4. The molecule has 0 atom stereocenters. The zero-order chi connectivity index (χ0) is 28.3. The highest BCUT2D eigenvalue weighted by atomic mass is 16.6. The Kier molecular flexibility index (Phi) is 7.80. The number of aromatic nitrogens is 3. The summed E-state index contributed by atoms with van der Waals surface area (Å²) in [7, 11) is 1.61. The van der Waals surface area contributed by atoms with Gasteiger partial charge in [0.05, 0.1) is 25.0 Å². The third kappa shape index (κ3) is 6.44. The summed E-state index contributed by atoms with van der Waals surface area (Å²) >= 11 is 0. The highest BCUT2D eigenvalue weighted by Crippen LogP contribution is 2.42. The number of carbonyl (C=O) groups is 2. The van der Waals surface area contributed by atoms with Gasteiger partial charge in [0.25, 0.3) is 5.91 Å². The van der Waals surface area contributed by atoms with Gasteiger partial charge in [-0.05, 0) is 82.3 Å². The molecule has 10 heteroatoms. The molecule has 5 rings (SSSR count). The fourth-order valence-electron chi connectivity index (χ4n) is 5.64. The van der Waals surface area contributed by atoms with E-state index in [1.165, 1.54) is 0 Å². The van der Waals surface area contributed by atoms with Crippen molar-refractivity contribution in [3.8, 4) is 17.1 Å². The molecule has 0 aliphatic carbocycles. The maximum absolute atomic E-state index is 13.0. The summed E-state index contributed by atoms with van der Waals surface area (Å²) in [5.41, 5.74) is 3.03. The van der Waals surface area contributed by atoms with Crippen molar-refractivity contribution in [3.05, 3.63) is 54.4 Å². The second-order valence-corrected chi connectivity index (χ2v) is 11.7. The number of methoxy groups -OCH3 is 1. The van der Waals surface area contributed by atoms with Crippen LogP contribution in [0, 0.1) is 5.41 Å². The highest BCUT2D eigenvalue weighted by Gasteiger charge is 2.41. The Morgan fingerprint density at radius 3 is 2.52 bits per heavy atom. The van der Waals surface area contributed by atoms with Gasteiger partial charge in [-0.25, -0.2) is 4.98 Å². The molecule has 3 aromatic rings. The van der Waals surface area contributed by atoms with Crippen LogP contribution in [-0.2, 0) is 9.53 Å². The molecule has 2 N–H and O–H groups in total. The number of benzene rings is 1. The zero-order valence-corrected chi connectivity index (χ0v) is 23.7. The smallest absolute Gasteiger partial charge is 0.320 e. The standard InChI is InChI=1S/C30H38N6O4/c1-29(2,3)40-27(37)19-35-15-11-30(20-35)12-16-36(17-13-30)21-8-9-24(26(18-21)39-4)33-28(38)25-7-5-6-22(32-25)23-10-14-31-34-23/h5-10,14,18H,11-13,15-17,19-20H2,1-4H3,(H,31,34)(H,33,38). The average Bonchev–Trinajstić information content (AvgIpc) is 3.59. The Labute approximate surface area is 235 Å². The summed E-state index contributed by atoms with van der Waals surface area (Å²) in [6.07, 6.45) is 4.95. The molecule has 212 valence electrons. The molecule has 2 aliphatic rings. The highest BCUT2D eigenvalue weighted by molar-refractivity contribution is 6.04. The van der Waals surface area contributed by atoms with Crippen molar-refractivity contribution < 1.29 is 19.1 Å². The Morgan fingerprint density at radius 1 is 1.05 bits per heavy atom. The number of carbonyl (C=O) groups excluding carboxylic acids is 2. The van der Waals surface area contributed by atoms with E-state index in [4.69, 9.17) is 9.47 Å². The summed E-state index contributed by atoms with van der Waals surface area (Å²) < 4.78 is 11.2. The van der Waals surface area contributed by atoms with Crippen LogP contribution in [0.1, 0.15) is 50.5 Å². The Balaban J connectivity index is 1.19. The van der Waals surface area contributed by atoms with Crippen molar-refractivity contribution in [1.82, 2.24) is 20.1 Å². The van der Waals surface area contributed by atoms with Gasteiger partial charge >= 0.3 is 5.97 Å². The summed E-state index contributed by atoms with van der Waals surface area (Å²) in [6, 6.07) is 13.0. The van der Waals surface area contributed by atoms with Crippen molar-refractivity contribution in [3.63, 3.8) is 0 Å². The number of esters is 1. The Morgan fingerprint density at radius 2 is 1.82 bits per heavy atom. The van der Waals surface area contributed by atoms with Crippen molar-refractivity contribution in [2.45, 2.75) is 45.6 Å². The number of hydrogen-bond donors (Lipinski definition) is 2. The first kappa shape index (κ1) is 27.6. The van der Waals surface area contributed by atoms with E-state index in [1.54, 1.807) is 31.5 Å². The maximum Gasteiger partial charge on any atom is 0.320 e. The van der Waals surface area contributed by atoms with Crippen LogP contribution in [0.5, 0.6) is 5.75 Å². The fraction of sp³-hybridized carbons (Fsp3) is 0.467. The first-order chi connectivity index (χ1) is 19.1. The minimum Gasteiger partial charge on any atom is -0.494 e. The molecule has 2 fully saturated rings. The molecule has 0 radical (unpaired) electrons. The van der Waals surface area contributed by atoms with Gasteiger partial charge < -0.3 is 19.7 Å². The number of hydrogen-bond acceptors (Lipinski definition) is 8. The van der Waals surface area contributed by atoms with Gasteiger partial charge in [0.1, 0.15) is 22.7 Å². The summed E-state index contributed by atoms with van der Waals surface area (Å²) in [5, 5.41) is 9.84. The normalized spacial score (nSPS) is 17.1. The molecule has 2 aliphatic heterocycles. The third-order valence-corrected chi connectivity index (χ3v) is 7.66. The van der Waals surface area contributed by atoms with Gasteiger partial charge in [0.2, 0.25) is 0 Å². The summed E-state index contributed by atoms with van der Waals surface area (Å²) in [6.45, 7) is 9.79. The van der Waals surface area contributed by atoms with Crippen LogP contribution in [-0.4, -0.2) is 77.4 Å². The van der Waals surface area contributed by atoms with Gasteiger partial charge in [0.15, 0.2) is 0 Å². The number of amides is 1. The Bertz CT molecular complexity index is 1340. The van der Waals surface area contributed by atoms with E-state index in [0.29, 0.717) is 35.1 Å². The first-order valence-electron chi connectivity index (χ1n) is 13.8. The van der Waals surface area contributed by atoms with E-state index in [-0.39, 0.29) is 17.3 Å². The van der Waals surface area contributed by atoms with E-state index in [9.17, 15) is 9.59 Å². The number of aromatic amines is 1. The van der Waals surface area contributed by atoms with Crippen LogP contribution in [0.4, 0.5) is 11.4 Å². The molecule has 0 unspecified atom stereocenters. The molecule has 10 nitrogen and oxygen atoms in total. The molecular formula is C30H38N6O4. The lowest BCUT2D eigenvalue weighted by Gasteiger charge is -2.40. The first-order valence-corrected chi connectivity index (χ1v) is 13.8. The number of nitrogens with zero attached hydrogens (tertiary/aromatic N) is 4. The largest absolute Gasteiger partial charge is 0.494 e. The van der Waals surface area contributed by atoms with E-state index < -0.39 is 5.60 Å². The van der Waals surface area contributed by atoms with Crippen molar-refractivity contribution in [2.24, 2.45) is 5.41 Å². The number of nitrogens with one attached hydrogen (secondary N) is 2. The van der Waals surface area contributed by atoms with E-state index in [0.717, 1.165) is 51.1 Å². The number of ether oxygens (including phenoxy) is 2. The quantitative estimate of drug-likeness (QED) is 0.420. The average molecular weight is 547 g/mol. The molecule has 0 saturated carbocycles. The summed E-state index contributed by atoms with van der Waals surface area (Å²) in [5.74, 6) is 0.127. The van der Waals surface area contributed by atoms with E-state index >= 15 is 0 Å². The minimum atomic E-state index is -0.457. The van der Waals surface area contributed by atoms with Crippen molar-refractivity contribution in [2.75, 3.05) is 50.1 Å². The van der Waals surface area contributed by atoms with Crippen molar-refractivity contribution >= 4 is 23.3 Å². The minimum absolute atomic E-state index is 0.151. The predicted octanol–water partition coefficient (Wildman–Crippen LogP) is 4.37. The second-order valence-electron chi connectivity index (χ2n) is 11.7. The van der Waals surface area contributed by atoms with E-state index in [2.05, 4.69) is 30.3 Å². The lowest BCUT2D eigenvalue weighted by molar-refractivity contribution is -0.155. The molecule has 4 heterocycles. The molecule has 1 amide bonds. The molecule has 1 aromatic carbocycles. The lowest BCUT2D eigenvalue weighted by Crippen LogP contribution is -2.42. The number of piperidine rings is 1. The molecule has 0 bridgehead atoms. The van der Waals surface area contributed by atoms with Gasteiger partial charge in [-0.1, -0.05) is 6.07 Å². The third-order valence-electron chi connectivity index (χ3n) is 7.66. The monoisotopic (exact) mass is 546 g/mol. The van der Waals surface area contributed by atoms with Crippen LogP contribution >= 0.6 is 0 Å². The van der Waals surface area contributed by atoms with Gasteiger partial charge in [0, 0.05) is 37.6 Å². The predicted molar refractivity (Wildman–Crippen MR) is 154 cm³/mol. The molecule has 1 spiro atoms. The molecule has 2 aromatic heterocycles. The Hall–Kier alpha value is -3.92. The van der Waals surface area contributed by atoms with Crippen LogP contribution in [0.3, 0.4) is 0 Å². The molecular weight excluding hydrogens is 508 g/mol. The van der Waals surface area contributed by atoms with Crippen LogP contribution in [0.25, 0.3) is 11.4 Å². The zero-order valence-electron chi connectivity index (χ0n) is 23.7. The van der Waals surface area contributed by atoms with Gasteiger partial charge in [-0.15, -0.1) is 0 Å². The number of rotatable bonds is 7. The number of H-pyrrole nitrogens is 1. The van der Waals surface area contributed by atoms with Gasteiger partial charge in [-0.3, -0.25) is 19.6 Å². The van der Waals surface area contributed by atoms with Crippen LogP contribution in [0.15, 0.2) is 48.7 Å². The topological polar surface area (TPSA) is 113 Å². The van der Waals surface area contributed by atoms with Crippen molar-refractivity contribution in [1.29, 1.82) is 0 Å². The molecule has 40 heavy (non-hydrogen) atoms. The number of pyridine rings is 1. The van der Waals surface area contributed by atoms with Gasteiger partial charge in [-0.2, -0.15) is 5.10 Å². The van der Waals surface area contributed by atoms with E-state index in [1.807, 2.05) is 45.0 Å². The lowest BCUT2D eigenvalue weighted by atomic mass is 9.77. The number of likely N-dealkylation sites (tertiary alicyclic amines) is 1.